The van der Waals surface area contributed by atoms with Crippen molar-refractivity contribution in [3.63, 3.8) is 0 Å². The number of piperazine rings is 1. The Hall–Kier alpha value is -2.86. The fraction of sp³-hybridized carbons (Fsp3) is 0.296. The Balaban J connectivity index is 1.24. The summed E-state index contributed by atoms with van der Waals surface area (Å²) in [6.45, 7) is 6.67. The van der Waals surface area contributed by atoms with E-state index in [2.05, 4.69) is 39.1 Å². The van der Waals surface area contributed by atoms with Crippen LogP contribution in [-0.2, 0) is 13.2 Å². The van der Waals surface area contributed by atoms with Crippen LogP contribution in [0.25, 0.3) is 5.57 Å². The molecule has 0 bridgehead atoms. The number of hydrogen-bond acceptors (Lipinski definition) is 5. The molecule has 0 spiro atoms. The molecule has 0 amide bonds. The van der Waals surface area contributed by atoms with E-state index in [1.54, 1.807) is 18.3 Å². The van der Waals surface area contributed by atoms with Crippen molar-refractivity contribution in [2.24, 2.45) is 0 Å². The van der Waals surface area contributed by atoms with Crippen LogP contribution >= 0.6 is 11.6 Å². The van der Waals surface area contributed by atoms with E-state index in [-0.39, 0.29) is 5.75 Å². The van der Waals surface area contributed by atoms with Gasteiger partial charge in [-0.15, -0.1) is 0 Å². The third kappa shape index (κ3) is 5.22. The molecule has 2 aliphatic heterocycles. The zero-order valence-corrected chi connectivity index (χ0v) is 19.3. The minimum Gasteiger partial charge on any atom is -0.508 e. The Kier molecular flexibility index (Phi) is 6.63. The van der Waals surface area contributed by atoms with Crippen molar-refractivity contribution in [3.05, 3.63) is 94.3 Å². The van der Waals surface area contributed by atoms with E-state index in [9.17, 15) is 5.11 Å². The molecule has 0 aliphatic carbocycles. The first kappa shape index (κ1) is 22.0. The molecule has 3 aromatic rings. The third-order valence-corrected chi connectivity index (χ3v) is 6.63. The third-order valence-electron chi connectivity index (χ3n) is 6.38. The molecule has 2 aromatic carbocycles. The molecule has 170 valence electrons. The molecule has 6 heteroatoms. The van der Waals surface area contributed by atoms with Crippen LogP contribution in [0.3, 0.4) is 0 Å². The van der Waals surface area contributed by atoms with Crippen molar-refractivity contribution < 1.29 is 9.84 Å². The molecule has 1 N–H and O–H groups in total. The van der Waals surface area contributed by atoms with Gasteiger partial charge in [0.25, 0.3) is 0 Å². The van der Waals surface area contributed by atoms with Crippen LogP contribution in [0.4, 0.5) is 0 Å². The van der Waals surface area contributed by atoms with Crippen LogP contribution in [0.2, 0.25) is 5.02 Å². The number of fused-ring (bicyclic) bond motifs is 2. The number of aromatic hydroxyl groups is 1. The molecule has 1 saturated heterocycles. The summed E-state index contributed by atoms with van der Waals surface area (Å²) in [6, 6.07) is 17.5. The molecule has 5 rings (SSSR count). The molecule has 1 aromatic heterocycles. The van der Waals surface area contributed by atoms with Crippen LogP contribution < -0.4 is 4.74 Å². The van der Waals surface area contributed by atoms with E-state index >= 15 is 0 Å². The fourth-order valence-corrected chi connectivity index (χ4v) is 4.70. The standard InChI is InChI=1S/C27H28ClN3O2/c28-21-7-5-20(6-8-21)18-31-15-13-30(14-16-31)12-2-4-23-24-3-1-11-29-26(24)19-33-27-10-9-22(32)17-25(23)27/h1,3-11,17,32H,2,12-16,18-19H2/b23-4+. The minimum atomic E-state index is 0.243. The largest absolute Gasteiger partial charge is 0.508 e. The topological polar surface area (TPSA) is 48.8 Å². The summed E-state index contributed by atoms with van der Waals surface area (Å²) >= 11 is 6.00. The summed E-state index contributed by atoms with van der Waals surface area (Å²) in [5.41, 5.74) is 5.32. The molecule has 2 aliphatic rings. The predicted octanol–water partition coefficient (Wildman–Crippen LogP) is 4.97. The van der Waals surface area contributed by atoms with Gasteiger partial charge in [0, 0.05) is 61.6 Å². The molecule has 3 heterocycles. The number of nitrogens with zero attached hydrogens (tertiary/aromatic N) is 3. The maximum absolute atomic E-state index is 10.1. The number of hydrogen-bond donors (Lipinski definition) is 1. The first-order valence-corrected chi connectivity index (χ1v) is 11.8. The zero-order valence-electron chi connectivity index (χ0n) is 18.6. The van der Waals surface area contributed by atoms with Crippen molar-refractivity contribution in [2.45, 2.75) is 19.6 Å². The van der Waals surface area contributed by atoms with Crippen molar-refractivity contribution in [3.8, 4) is 11.5 Å². The van der Waals surface area contributed by atoms with Crippen LogP contribution in [0.1, 0.15) is 28.8 Å². The van der Waals surface area contributed by atoms with Gasteiger partial charge in [0.2, 0.25) is 0 Å². The number of ether oxygens (including phenoxy) is 1. The van der Waals surface area contributed by atoms with Crippen LogP contribution in [0, 0.1) is 0 Å². The van der Waals surface area contributed by atoms with Crippen molar-refractivity contribution in [1.82, 2.24) is 14.8 Å². The Morgan fingerprint density at radius 1 is 0.970 bits per heavy atom. The van der Waals surface area contributed by atoms with Gasteiger partial charge < -0.3 is 14.7 Å². The van der Waals surface area contributed by atoms with Gasteiger partial charge in [-0.3, -0.25) is 9.88 Å². The summed E-state index contributed by atoms with van der Waals surface area (Å²) in [4.78, 5) is 9.55. The summed E-state index contributed by atoms with van der Waals surface area (Å²) in [5, 5.41) is 10.9. The molecule has 0 saturated carbocycles. The molecule has 5 nitrogen and oxygen atoms in total. The lowest BCUT2D eigenvalue weighted by atomic mass is 9.95. The highest BCUT2D eigenvalue weighted by atomic mass is 35.5. The van der Waals surface area contributed by atoms with Gasteiger partial charge in [-0.25, -0.2) is 0 Å². The molecule has 1 fully saturated rings. The predicted molar refractivity (Wildman–Crippen MR) is 132 cm³/mol. The molecule has 0 unspecified atom stereocenters. The first-order valence-electron chi connectivity index (χ1n) is 11.5. The van der Waals surface area contributed by atoms with Crippen molar-refractivity contribution >= 4 is 17.2 Å². The Labute approximate surface area is 199 Å². The maximum atomic E-state index is 10.1. The Morgan fingerprint density at radius 3 is 2.58 bits per heavy atom. The van der Waals surface area contributed by atoms with Gasteiger partial charge in [0.05, 0.1) is 5.69 Å². The fourth-order valence-electron chi connectivity index (χ4n) is 4.57. The van der Waals surface area contributed by atoms with Gasteiger partial charge in [-0.1, -0.05) is 35.9 Å². The van der Waals surface area contributed by atoms with Gasteiger partial charge in [-0.2, -0.15) is 0 Å². The van der Waals surface area contributed by atoms with Crippen LogP contribution in [0.15, 0.2) is 66.9 Å². The lowest BCUT2D eigenvalue weighted by Gasteiger charge is -2.34. The Bertz CT molecular complexity index is 1140. The average Bonchev–Trinajstić information content (AvgIpc) is 2.98. The van der Waals surface area contributed by atoms with Gasteiger partial charge >= 0.3 is 0 Å². The van der Waals surface area contributed by atoms with Gasteiger partial charge in [0.15, 0.2) is 0 Å². The second-order valence-electron chi connectivity index (χ2n) is 8.62. The number of benzene rings is 2. The van der Waals surface area contributed by atoms with E-state index in [0.717, 1.165) is 78.9 Å². The monoisotopic (exact) mass is 461 g/mol. The van der Waals surface area contributed by atoms with E-state index in [0.29, 0.717) is 6.61 Å². The van der Waals surface area contributed by atoms with Crippen LogP contribution in [0.5, 0.6) is 11.5 Å². The highest BCUT2D eigenvalue weighted by molar-refractivity contribution is 6.30. The highest BCUT2D eigenvalue weighted by Gasteiger charge is 2.21. The lowest BCUT2D eigenvalue weighted by molar-refractivity contribution is 0.129. The molecule has 0 atom stereocenters. The second-order valence-corrected chi connectivity index (χ2v) is 9.05. The minimum absolute atomic E-state index is 0.243. The van der Waals surface area contributed by atoms with E-state index in [1.165, 1.54) is 5.56 Å². The SMILES string of the molecule is Oc1ccc2c(c1)/C(=C/CCN1CCN(Cc3ccc(Cl)cc3)CC1)c1cccnc1CO2. The summed E-state index contributed by atoms with van der Waals surface area (Å²) < 4.78 is 5.99. The number of phenols is 1. The van der Waals surface area contributed by atoms with Gasteiger partial charge in [0.1, 0.15) is 18.1 Å². The van der Waals surface area contributed by atoms with Crippen molar-refractivity contribution in [1.29, 1.82) is 0 Å². The van der Waals surface area contributed by atoms with Crippen molar-refractivity contribution in [2.75, 3.05) is 32.7 Å². The maximum Gasteiger partial charge on any atom is 0.131 e. The van der Waals surface area contributed by atoms with E-state index in [4.69, 9.17) is 16.3 Å². The second kappa shape index (κ2) is 9.96. The average molecular weight is 462 g/mol. The summed E-state index contributed by atoms with van der Waals surface area (Å²) in [5.74, 6) is 1.03. The molecular formula is C27H28ClN3O2. The zero-order chi connectivity index (χ0) is 22.6. The smallest absolute Gasteiger partial charge is 0.131 e. The van der Waals surface area contributed by atoms with E-state index in [1.807, 2.05) is 24.3 Å². The van der Waals surface area contributed by atoms with E-state index < -0.39 is 0 Å². The number of aromatic nitrogens is 1. The normalized spacial score (nSPS) is 17.8. The molecular weight excluding hydrogens is 434 g/mol. The van der Waals surface area contributed by atoms with Crippen LogP contribution in [-0.4, -0.2) is 52.6 Å². The summed E-state index contributed by atoms with van der Waals surface area (Å²) in [7, 11) is 0. The summed E-state index contributed by atoms with van der Waals surface area (Å²) in [6.07, 6.45) is 5.00. The number of rotatable bonds is 5. The quantitative estimate of drug-likeness (QED) is 0.581. The molecule has 33 heavy (non-hydrogen) atoms. The van der Waals surface area contributed by atoms with Gasteiger partial charge in [-0.05, 0) is 54.0 Å². The number of phenolic OH excluding ortho intramolecular Hbond substituents is 1. The number of halogens is 1. The lowest BCUT2D eigenvalue weighted by Crippen LogP contribution is -2.46. The highest BCUT2D eigenvalue weighted by Crippen LogP contribution is 2.38. The molecule has 0 radical (unpaired) electrons. The Morgan fingerprint density at radius 2 is 1.76 bits per heavy atom. The first-order chi connectivity index (χ1) is 16.2. The number of pyridine rings is 1.